The second-order valence-electron chi connectivity index (χ2n) is 12.4. The first-order chi connectivity index (χ1) is 17.2. The number of Topliss-reactive ketones (excluding diaryl/α,β-unsaturated/α-hetero) is 1. The van der Waals surface area contributed by atoms with Crippen molar-refractivity contribution in [2.45, 2.75) is 91.0 Å². The number of fused-ring (bicyclic) bond motifs is 5. The zero-order valence-corrected chi connectivity index (χ0v) is 22.4. The number of oxime groups is 1. The van der Waals surface area contributed by atoms with Gasteiger partial charge in [0.05, 0.1) is 12.8 Å². The molecule has 1 heterocycles. The van der Waals surface area contributed by atoms with Crippen molar-refractivity contribution < 1.29 is 24.0 Å². The van der Waals surface area contributed by atoms with Gasteiger partial charge in [-0.15, -0.1) is 0 Å². The average molecular weight is 499 g/mol. The lowest BCUT2D eigenvalue weighted by atomic mass is 9.46. The third-order valence-electron chi connectivity index (χ3n) is 10.9. The van der Waals surface area contributed by atoms with Crippen molar-refractivity contribution in [2.75, 3.05) is 20.3 Å². The Morgan fingerprint density at radius 1 is 1.06 bits per heavy atom. The lowest BCUT2D eigenvalue weighted by Crippen LogP contribution is -2.51. The average Bonchev–Trinajstić information content (AvgIpc) is 3.48. The molecule has 0 aromatic carbocycles. The van der Waals surface area contributed by atoms with E-state index in [2.05, 4.69) is 25.1 Å². The van der Waals surface area contributed by atoms with Gasteiger partial charge in [0, 0.05) is 12.5 Å². The van der Waals surface area contributed by atoms with Crippen LogP contribution in [0, 0.1) is 34.5 Å². The van der Waals surface area contributed by atoms with E-state index in [4.69, 9.17) is 9.57 Å². The minimum absolute atomic E-state index is 0.153. The molecule has 0 aromatic rings. The highest BCUT2D eigenvalue weighted by Gasteiger charge is 2.59. The molecular weight excluding hydrogens is 456 g/mol. The van der Waals surface area contributed by atoms with Gasteiger partial charge in [-0.05, 0) is 106 Å². The van der Waals surface area contributed by atoms with Gasteiger partial charge < -0.3 is 14.5 Å². The van der Waals surface area contributed by atoms with Gasteiger partial charge in [0.2, 0.25) is 0 Å². The largest absolute Gasteiger partial charge is 0.467 e. The van der Waals surface area contributed by atoms with Crippen molar-refractivity contribution >= 4 is 23.4 Å². The number of ketones is 1. The molecule has 1 amide bonds. The molecule has 5 aliphatic rings. The number of nitrogens with zero attached hydrogens (tertiary/aromatic N) is 2. The number of likely N-dealkylation sites (tertiary alicyclic amines) is 1. The summed E-state index contributed by atoms with van der Waals surface area (Å²) in [5.41, 5.74) is 2.78. The molecule has 7 atom stereocenters. The molecule has 0 N–H and O–H groups in total. The Morgan fingerprint density at radius 2 is 1.86 bits per heavy atom. The number of amides is 1. The molecule has 3 saturated carbocycles. The van der Waals surface area contributed by atoms with Crippen LogP contribution >= 0.6 is 0 Å². The standard InChI is InChI=1S/C29H42N2O5/c1-18(32)22-9-10-23-21-8-7-19-16-20(11-13-28(19,2)24(21)12-14-29(22,23)3)30-36-17-26(33)31-15-5-6-25(31)27(34)35-4/h16,21-25H,5-15,17H2,1-4H3/b30-20+/t21-,22+,23+,24+,25+,28+,29-/m1/s1. The van der Waals surface area contributed by atoms with E-state index in [0.717, 1.165) is 37.8 Å². The van der Waals surface area contributed by atoms with Crippen molar-refractivity contribution in [3.05, 3.63) is 11.6 Å². The van der Waals surface area contributed by atoms with Crippen molar-refractivity contribution in [3.63, 3.8) is 0 Å². The first kappa shape index (κ1) is 25.5. The fraction of sp³-hybridized carbons (Fsp3) is 0.793. The number of rotatable bonds is 5. The molecule has 0 unspecified atom stereocenters. The number of hydrogen-bond donors (Lipinski definition) is 0. The van der Waals surface area contributed by atoms with Crippen LogP contribution in [-0.2, 0) is 24.0 Å². The van der Waals surface area contributed by atoms with Crippen LogP contribution in [-0.4, -0.2) is 54.6 Å². The minimum Gasteiger partial charge on any atom is -0.467 e. The van der Waals surface area contributed by atoms with E-state index in [1.807, 2.05) is 0 Å². The number of hydrogen-bond acceptors (Lipinski definition) is 6. The highest BCUT2D eigenvalue weighted by Crippen LogP contribution is 2.66. The van der Waals surface area contributed by atoms with Crippen LogP contribution < -0.4 is 0 Å². The Hall–Kier alpha value is -2.18. The van der Waals surface area contributed by atoms with Crippen molar-refractivity contribution in [2.24, 2.45) is 39.7 Å². The summed E-state index contributed by atoms with van der Waals surface area (Å²) in [6.45, 7) is 7.06. The third kappa shape index (κ3) is 4.10. The number of carbonyl (C=O) groups is 3. The van der Waals surface area contributed by atoms with Gasteiger partial charge in [-0.3, -0.25) is 9.59 Å². The lowest BCUT2D eigenvalue weighted by Gasteiger charge is -2.58. The van der Waals surface area contributed by atoms with Gasteiger partial charge in [0.25, 0.3) is 5.91 Å². The molecule has 0 aromatic heterocycles. The van der Waals surface area contributed by atoms with Gasteiger partial charge in [-0.1, -0.05) is 24.6 Å². The highest BCUT2D eigenvalue weighted by molar-refractivity contribution is 5.96. The molecular formula is C29H42N2O5. The third-order valence-corrected chi connectivity index (χ3v) is 10.9. The fourth-order valence-corrected chi connectivity index (χ4v) is 9.01. The molecule has 1 saturated heterocycles. The number of methoxy groups -OCH3 is 1. The lowest BCUT2D eigenvalue weighted by molar-refractivity contribution is -0.152. The SMILES string of the molecule is COC(=O)[C@@H]1CCCN1C(=O)CO/N=C1/C=C2CC[C@@H]3[C@@H]4CC[C@@H](C(C)=O)[C@@]4(C)CC[C@@H]3[C@@]2(C)CC1. The maximum Gasteiger partial charge on any atom is 0.328 e. The van der Waals surface area contributed by atoms with Crippen molar-refractivity contribution in [1.82, 2.24) is 4.90 Å². The predicted molar refractivity (Wildman–Crippen MR) is 136 cm³/mol. The van der Waals surface area contributed by atoms with Crippen LogP contribution in [0.3, 0.4) is 0 Å². The van der Waals surface area contributed by atoms with E-state index >= 15 is 0 Å². The molecule has 0 bridgehead atoms. The highest BCUT2D eigenvalue weighted by atomic mass is 16.6. The molecule has 5 rings (SSSR count). The smallest absolute Gasteiger partial charge is 0.328 e. The fourth-order valence-electron chi connectivity index (χ4n) is 9.01. The Morgan fingerprint density at radius 3 is 2.61 bits per heavy atom. The second kappa shape index (κ2) is 9.60. The van der Waals surface area contributed by atoms with Crippen LogP contribution in [0.2, 0.25) is 0 Å². The second-order valence-corrected chi connectivity index (χ2v) is 12.4. The molecule has 7 heteroatoms. The van der Waals surface area contributed by atoms with E-state index in [0.29, 0.717) is 36.5 Å². The zero-order chi connectivity index (χ0) is 25.7. The monoisotopic (exact) mass is 498 g/mol. The van der Waals surface area contributed by atoms with Crippen molar-refractivity contribution in [1.29, 1.82) is 0 Å². The number of allylic oxidation sites excluding steroid dienone is 2. The van der Waals surface area contributed by atoms with Crippen LogP contribution in [0.4, 0.5) is 0 Å². The normalized spacial score (nSPS) is 40.7. The van der Waals surface area contributed by atoms with Gasteiger partial charge in [0.15, 0.2) is 6.61 Å². The van der Waals surface area contributed by atoms with Gasteiger partial charge >= 0.3 is 5.97 Å². The summed E-state index contributed by atoms with van der Waals surface area (Å²) in [5.74, 6) is 2.13. The first-order valence-corrected chi connectivity index (χ1v) is 14.0. The number of ether oxygens (including phenoxy) is 1. The summed E-state index contributed by atoms with van der Waals surface area (Å²) < 4.78 is 4.83. The van der Waals surface area contributed by atoms with E-state index in [9.17, 15) is 14.4 Å². The summed E-state index contributed by atoms with van der Waals surface area (Å²) in [6, 6.07) is -0.505. The maximum absolute atomic E-state index is 12.6. The molecule has 0 radical (unpaired) electrons. The zero-order valence-electron chi connectivity index (χ0n) is 22.4. The van der Waals surface area contributed by atoms with Crippen LogP contribution in [0.5, 0.6) is 0 Å². The molecule has 36 heavy (non-hydrogen) atoms. The summed E-state index contributed by atoms with van der Waals surface area (Å²) in [5, 5.41) is 4.34. The Labute approximate surface area is 215 Å². The summed E-state index contributed by atoms with van der Waals surface area (Å²) in [4.78, 5) is 44.0. The van der Waals surface area contributed by atoms with E-state index < -0.39 is 6.04 Å². The van der Waals surface area contributed by atoms with Gasteiger partial charge in [-0.2, -0.15) is 0 Å². The van der Waals surface area contributed by atoms with Gasteiger partial charge in [-0.25, -0.2) is 4.79 Å². The molecule has 4 aliphatic carbocycles. The quantitative estimate of drug-likeness (QED) is 0.405. The van der Waals surface area contributed by atoms with Crippen LogP contribution in [0.25, 0.3) is 0 Å². The minimum atomic E-state index is -0.505. The van der Waals surface area contributed by atoms with Crippen LogP contribution in [0.1, 0.15) is 85.0 Å². The van der Waals surface area contributed by atoms with E-state index in [-0.39, 0.29) is 35.2 Å². The maximum atomic E-state index is 12.6. The Bertz CT molecular complexity index is 988. The Balaban J connectivity index is 1.23. The van der Waals surface area contributed by atoms with E-state index in [1.165, 1.54) is 38.4 Å². The van der Waals surface area contributed by atoms with Crippen molar-refractivity contribution in [3.8, 4) is 0 Å². The molecule has 1 aliphatic heterocycles. The summed E-state index contributed by atoms with van der Waals surface area (Å²) >= 11 is 0. The van der Waals surface area contributed by atoms with Gasteiger partial charge in [0.1, 0.15) is 11.8 Å². The van der Waals surface area contributed by atoms with Crippen LogP contribution in [0.15, 0.2) is 16.8 Å². The molecule has 7 nitrogen and oxygen atoms in total. The molecule has 198 valence electrons. The topological polar surface area (TPSA) is 85.3 Å². The molecule has 0 spiro atoms. The molecule has 4 fully saturated rings. The summed E-state index contributed by atoms with van der Waals surface area (Å²) in [7, 11) is 1.35. The Kier molecular flexibility index (Phi) is 6.80. The first-order valence-electron chi connectivity index (χ1n) is 14.0. The number of carbonyl (C=O) groups excluding carboxylic acids is 3. The number of esters is 1. The predicted octanol–water partition coefficient (Wildman–Crippen LogP) is 4.69. The van der Waals surface area contributed by atoms with E-state index in [1.54, 1.807) is 11.8 Å². The summed E-state index contributed by atoms with van der Waals surface area (Å²) in [6.07, 6.45) is 12.5.